The highest BCUT2D eigenvalue weighted by Gasteiger charge is 2.41. The minimum Gasteiger partial charge on any atom is -0.390 e. The number of halogens is 3. The smallest absolute Gasteiger partial charge is 0.390 e. The van der Waals surface area contributed by atoms with Gasteiger partial charge in [-0.3, -0.25) is 0 Å². The van der Waals surface area contributed by atoms with Crippen LogP contribution in [0.15, 0.2) is 48.5 Å². The Hall–Kier alpha value is -1.85. The summed E-state index contributed by atoms with van der Waals surface area (Å²) in [4.78, 5) is 0. The van der Waals surface area contributed by atoms with Gasteiger partial charge in [-0.25, -0.2) is 0 Å². The van der Waals surface area contributed by atoms with Crippen molar-refractivity contribution in [1.29, 1.82) is 0 Å². The topological polar surface area (TPSA) is 20.2 Å². The zero-order chi connectivity index (χ0) is 21.3. The summed E-state index contributed by atoms with van der Waals surface area (Å²) in [7, 11) is 0. The van der Waals surface area contributed by atoms with E-state index in [1.165, 1.54) is 11.1 Å². The molecule has 1 unspecified atom stereocenters. The molecule has 2 nitrogen and oxygen atoms in total. The maximum absolute atomic E-state index is 12.9. The summed E-state index contributed by atoms with van der Waals surface area (Å²) in [6.07, 6.45) is -2.36. The van der Waals surface area contributed by atoms with E-state index in [0.29, 0.717) is 11.0 Å². The molecule has 0 aromatic heterocycles. The first-order chi connectivity index (χ1) is 13.5. The van der Waals surface area contributed by atoms with Gasteiger partial charge >= 0.3 is 6.18 Å². The van der Waals surface area contributed by atoms with Crippen molar-refractivity contribution in [3.8, 4) is 0 Å². The third-order valence-electron chi connectivity index (χ3n) is 6.22. The van der Waals surface area contributed by atoms with Crippen LogP contribution >= 0.6 is 0 Å². The van der Waals surface area contributed by atoms with Crippen molar-refractivity contribution in [2.45, 2.75) is 64.3 Å². The molecule has 0 spiro atoms. The van der Waals surface area contributed by atoms with Gasteiger partial charge in [0.25, 0.3) is 0 Å². The van der Waals surface area contributed by atoms with Gasteiger partial charge < -0.3 is 9.59 Å². The number of aliphatic hydroxyl groups is 1. The van der Waals surface area contributed by atoms with E-state index in [1.54, 1.807) is 12.1 Å². The summed E-state index contributed by atoms with van der Waals surface area (Å²) in [5.41, 5.74) is 2.82. The zero-order valence-electron chi connectivity index (χ0n) is 17.5. The van der Waals surface area contributed by atoms with E-state index in [-0.39, 0.29) is 18.1 Å². The van der Waals surface area contributed by atoms with E-state index in [9.17, 15) is 18.3 Å². The second-order valence-electron chi connectivity index (χ2n) is 9.38. The number of rotatable bonds is 5. The molecule has 0 amide bonds. The third-order valence-corrected chi connectivity index (χ3v) is 6.22. The minimum absolute atomic E-state index is 0.0896. The fourth-order valence-corrected chi connectivity index (χ4v) is 4.47. The van der Waals surface area contributed by atoms with E-state index in [2.05, 4.69) is 45.0 Å². The van der Waals surface area contributed by atoms with Crippen LogP contribution in [0.4, 0.5) is 13.2 Å². The van der Waals surface area contributed by atoms with Crippen molar-refractivity contribution in [3.05, 3.63) is 70.8 Å². The minimum atomic E-state index is -4.32. The second kappa shape index (κ2) is 8.11. The van der Waals surface area contributed by atoms with Gasteiger partial charge in [0.15, 0.2) is 0 Å². The van der Waals surface area contributed by atoms with E-state index in [0.717, 1.165) is 43.6 Å². The highest BCUT2D eigenvalue weighted by Crippen LogP contribution is 2.34. The summed E-state index contributed by atoms with van der Waals surface area (Å²) in [6.45, 7) is 8.98. The zero-order valence-corrected chi connectivity index (χ0v) is 17.5. The van der Waals surface area contributed by atoms with Crippen LogP contribution in [-0.4, -0.2) is 28.8 Å². The molecular weight excluding hydrogens is 375 g/mol. The molecule has 158 valence electrons. The lowest BCUT2D eigenvalue weighted by Crippen LogP contribution is -2.51. The predicted molar refractivity (Wildman–Crippen MR) is 109 cm³/mol. The van der Waals surface area contributed by atoms with Gasteiger partial charge in [0.1, 0.15) is 19.1 Å². The van der Waals surface area contributed by atoms with Crippen molar-refractivity contribution < 1.29 is 22.8 Å². The van der Waals surface area contributed by atoms with Gasteiger partial charge in [0, 0.05) is 24.0 Å². The van der Waals surface area contributed by atoms with Crippen LogP contribution in [0.2, 0.25) is 0 Å². The normalized spacial score (nSPS) is 22.8. The number of likely N-dealkylation sites (tertiary alicyclic amines) is 1. The van der Waals surface area contributed by atoms with E-state index < -0.39 is 11.7 Å². The number of aliphatic hydroxyl groups excluding tert-OH is 1. The summed E-state index contributed by atoms with van der Waals surface area (Å²) in [5.74, 6) is 0. The molecule has 1 aliphatic rings. The Bertz CT molecular complexity index is 745. The summed E-state index contributed by atoms with van der Waals surface area (Å²) >= 11 is 0. The second-order valence-corrected chi connectivity index (χ2v) is 9.38. The summed E-state index contributed by atoms with van der Waals surface area (Å²) < 4.78 is 39.3. The Morgan fingerprint density at radius 2 is 1.34 bits per heavy atom. The average Bonchev–Trinajstić information content (AvgIpc) is 3.03. The molecular formula is C24H31F3NO+. The highest BCUT2D eigenvalue weighted by atomic mass is 19.4. The monoisotopic (exact) mass is 406 g/mol. The molecule has 1 fully saturated rings. The van der Waals surface area contributed by atoms with Gasteiger partial charge in [0.2, 0.25) is 0 Å². The average molecular weight is 407 g/mol. The van der Waals surface area contributed by atoms with Crippen molar-refractivity contribution >= 4 is 0 Å². The first-order valence-corrected chi connectivity index (χ1v) is 10.3. The first kappa shape index (κ1) is 21.8. The van der Waals surface area contributed by atoms with Gasteiger partial charge in [-0.15, -0.1) is 0 Å². The highest BCUT2D eigenvalue weighted by molar-refractivity contribution is 5.27. The molecule has 0 bridgehead atoms. The molecule has 1 aliphatic heterocycles. The standard InChI is InChI=1S/C24H31F3NO/c1-23(2,3)20-10-6-18(7-11-20)15-28(14-4-5-22(28)17-29)16-19-8-12-21(13-9-19)24(25,26)27/h6-13,22,29H,4-5,14-17H2,1-3H3/q+1/t22-,28?/m0/s1. The molecule has 0 saturated carbocycles. The van der Waals surface area contributed by atoms with E-state index in [1.807, 2.05) is 0 Å². The number of alkyl halides is 3. The van der Waals surface area contributed by atoms with E-state index in [4.69, 9.17) is 0 Å². The number of quaternary nitrogens is 1. The molecule has 29 heavy (non-hydrogen) atoms. The summed E-state index contributed by atoms with van der Waals surface area (Å²) in [5, 5.41) is 9.99. The van der Waals surface area contributed by atoms with Gasteiger partial charge in [-0.05, 0) is 23.1 Å². The maximum Gasteiger partial charge on any atom is 0.416 e. The Morgan fingerprint density at radius 1 is 0.862 bits per heavy atom. The molecule has 0 radical (unpaired) electrons. The SMILES string of the molecule is CC(C)(C)c1ccc(C[N+]2(Cc3ccc(C(F)(F)F)cc3)CCC[C@H]2CO)cc1. The molecule has 1 heterocycles. The molecule has 2 atom stereocenters. The summed E-state index contributed by atoms with van der Waals surface area (Å²) in [6, 6.07) is 14.2. The molecule has 2 aromatic carbocycles. The van der Waals surface area contributed by atoms with Crippen LogP contribution in [0.5, 0.6) is 0 Å². The lowest BCUT2D eigenvalue weighted by Gasteiger charge is -2.40. The van der Waals surface area contributed by atoms with Gasteiger partial charge in [-0.2, -0.15) is 13.2 Å². The number of hydrogen-bond donors (Lipinski definition) is 1. The molecule has 2 aromatic rings. The van der Waals surface area contributed by atoms with Crippen LogP contribution in [0.25, 0.3) is 0 Å². The van der Waals surface area contributed by atoms with Crippen molar-refractivity contribution in [1.82, 2.24) is 0 Å². The molecule has 5 heteroatoms. The van der Waals surface area contributed by atoms with Crippen molar-refractivity contribution in [3.63, 3.8) is 0 Å². The quantitative estimate of drug-likeness (QED) is 0.634. The molecule has 1 N–H and O–H groups in total. The van der Waals surface area contributed by atoms with Crippen LogP contribution < -0.4 is 0 Å². The molecule has 3 rings (SSSR count). The van der Waals surface area contributed by atoms with Crippen LogP contribution in [0.1, 0.15) is 55.9 Å². The number of nitrogens with zero attached hydrogens (tertiary/aromatic N) is 1. The van der Waals surface area contributed by atoms with Crippen LogP contribution in [0.3, 0.4) is 0 Å². The van der Waals surface area contributed by atoms with Gasteiger partial charge in [-0.1, -0.05) is 57.2 Å². The third kappa shape index (κ3) is 5.01. The van der Waals surface area contributed by atoms with Crippen LogP contribution in [-0.2, 0) is 24.7 Å². The fraction of sp³-hybridized carbons (Fsp3) is 0.500. The molecule has 0 aliphatic carbocycles. The molecule has 1 saturated heterocycles. The Balaban J connectivity index is 1.85. The lowest BCUT2D eigenvalue weighted by atomic mass is 9.86. The number of benzene rings is 2. The largest absolute Gasteiger partial charge is 0.416 e. The number of hydrogen-bond acceptors (Lipinski definition) is 1. The van der Waals surface area contributed by atoms with Crippen molar-refractivity contribution in [2.75, 3.05) is 13.2 Å². The Kier molecular flexibility index (Phi) is 6.11. The fourth-order valence-electron chi connectivity index (χ4n) is 4.47. The first-order valence-electron chi connectivity index (χ1n) is 10.3. The Morgan fingerprint density at radius 3 is 1.76 bits per heavy atom. The van der Waals surface area contributed by atoms with Crippen molar-refractivity contribution in [2.24, 2.45) is 0 Å². The predicted octanol–water partition coefficient (Wildman–Crippen LogP) is 5.67. The van der Waals surface area contributed by atoms with E-state index >= 15 is 0 Å². The van der Waals surface area contributed by atoms with Crippen LogP contribution in [0, 0.1) is 0 Å². The maximum atomic E-state index is 12.9. The lowest BCUT2D eigenvalue weighted by molar-refractivity contribution is -0.964. The van der Waals surface area contributed by atoms with Gasteiger partial charge in [0.05, 0.1) is 18.7 Å². The Labute approximate surface area is 171 Å².